The molecule has 2 aromatic carbocycles. The fourth-order valence-corrected chi connectivity index (χ4v) is 4.64. The van der Waals surface area contributed by atoms with Crippen LogP contribution in [-0.4, -0.2) is 36.4 Å². The maximum Gasteiger partial charge on any atom is 0.325 e. The molecule has 168 valence electrons. The lowest BCUT2D eigenvalue weighted by molar-refractivity contribution is -0.135. The van der Waals surface area contributed by atoms with Crippen molar-refractivity contribution in [3.63, 3.8) is 0 Å². The van der Waals surface area contributed by atoms with Gasteiger partial charge in [0.25, 0.3) is 5.91 Å². The zero-order valence-corrected chi connectivity index (χ0v) is 18.1. The number of carbonyl (C=O) groups excluding carboxylic acids is 3. The first kappa shape index (κ1) is 21.8. The number of halogens is 1. The number of carbonyl (C=O) groups is 3. The van der Waals surface area contributed by atoms with Crippen molar-refractivity contribution < 1.29 is 23.5 Å². The second kappa shape index (κ2) is 8.26. The number of rotatable bonds is 6. The Labute approximate surface area is 185 Å². The van der Waals surface area contributed by atoms with Gasteiger partial charge in [0, 0.05) is 0 Å². The highest BCUT2D eigenvalue weighted by Crippen LogP contribution is 2.39. The lowest BCUT2D eigenvalue weighted by Crippen LogP contribution is -2.49. The van der Waals surface area contributed by atoms with E-state index in [1.807, 2.05) is 0 Å². The Morgan fingerprint density at radius 1 is 1.06 bits per heavy atom. The van der Waals surface area contributed by atoms with Crippen molar-refractivity contribution >= 4 is 17.8 Å². The third-order valence-electron chi connectivity index (χ3n) is 6.48. The summed E-state index contributed by atoms with van der Waals surface area (Å²) in [5, 5.41) is 5.73. The molecule has 2 N–H and O–H groups in total. The van der Waals surface area contributed by atoms with E-state index < -0.39 is 28.9 Å². The summed E-state index contributed by atoms with van der Waals surface area (Å²) in [6.45, 7) is 1.23. The summed E-state index contributed by atoms with van der Waals surface area (Å²) in [6, 6.07) is 12.3. The smallest absolute Gasteiger partial charge is 0.325 e. The number of methoxy groups -OCH3 is 1. The van der Waals surface area contributed by atoms with Gasteiger partial charge in [-0.15, -0.1) is 0 Å². The van der Waals surface area contributed by atoms with Crippen LogP contribution in [0.1, 0.15) is 43.7 Å². The standard InChI is InChI=1S/C24H26FN3O4/c1-23(16-7-11-19(32-2)12-8-16)21(30)28(22(31)27-23)15-20(29)26-24(13-3-4-14-24)17-5-9-18(25)10-6-17/h5-12H,3-4,13-15H2,1-2H3,(H,26,29)(H,27,31). The number of benzene rings is 2. The Bertz CT molecular complexity index is 1030. The maximum atomic E-state index is 13.4. The molecule has 1 unspecified atom stereocenters. The molecule has 32 heavy (non-hydrogen) atoms. The van der Waals surface area contributed by atoms with Crippen LogP contribution in [0.15, 0.2) is 48.5 Å². The molecule has 0 bridgehead atoms. The van der Waals surface area contributed by atoms with Gasteiger partial charge in [0.05, 0.1) is 12.6 Å². The van der Waals surface area contributed by atoms with E-state index in [4.69, 9.17) is 4.74 Å². The Morgan fingerprint density at radius 2 is 1.66 bits per heavy atom. The summed E-state index contributed by atoms with van der Waals surface area (Å²) in [7, 11) is 1.54. The summed E-state index contributed by atoms with van der Waals surface area (Å²) in [5.41, 5.74) is -0.474. The van der Waals surface area contributed by atoms with Crippen LogP contribution < -0.4 is 15.4 Å². The molecular formula is C24H26FN3O4. The first-order valence-electron chi connectivity index (χ1n) is 10.6. The maximum absolute atomic E-state index is 13.4. The van der Waals surface area contributed by atoms with E-state index in [0.29, 0.717) is 24.2 Å². The van der Waals surface area contributed by atoms with Gasteiger partial charge in [-0.05, 0) is 55.2 Å². The second-order valence-corrected chi connectivity index (χ2v) is 8.52. The van der Waals surface area contributed by atoms with E-state index in [9.17, 15) is 18.8 Å². The van der Waals surface area contributed by atoms with Crippen LogP contribution in [0.4, 0.5) is 9.18 Å². The minimum atomic E-state index is -1.27. The number of hydrogen-bond acceptors (Lipinski definition) is 4. The number of ether oxygens (including phenoxy) is 1. The molecule has 1 atom stereocenters. The van der Waals surface area contributed by atoms with Crippen LogP contribution in [0.5, 0.6) is 5.75 Å². The van der Waals surface area contributed by atoms with Crippen LogP contribution in [0, 0.1) is 5.82 Å². The Kier molecular flexibility index (Phi) is 5.62. The molecule has 4 amide bonds. The zero-order chi connectivity index (χ0) is 22.9. The summed E-state index contributed by atoms with van der Waals surface area (Å²) in [4.78, 5) is 39.6. The number of urea groups is 1. The van der Waals surface area contributed by atoms with E-state index in [2.05, 4.69) is 10.6 Å². The van der Waals surface area contributed by atoms with Crippen LogP contribution in [0.3, 0.4) is 0 Å². The van der Waals surface area contributed by atoms with E-state index >= 15 is 0 Å². The Balaban J connectivity index is 1.50. The molecule has 1 saturated carbocycles. The van der Waals surface area contributed by atoms with Gasteiger partial charge >= 0.3 is 6.03 Å². The fraction of sp³-hybridized carbons (Fsp3) is 0.375. The molecule has 1 aliphatic carbocycles. The van der Waals surface area contributed by atoms with Crippen LogP contribution >= 0.6 is 0 Å². The number of amides is 4. The molecule has 4 rings (SSSR count). The van der Waals surface area contributed by atoms with Crippen LogP contribution in [0.25, 0.3) is 0 Å². The molecule has 2 aromatic rings. The van der Waals surface area contributed by atoms with Crippen molar-refractivity contribution in [1.82, 2.24) is 15.5 Å². The van der Waals surface area contributed by atoms with Crippen molar-refractivity contribution in [1.29, 1.82) is 0 Å². The molecule has 0 spiro atoms. The topological polar surface area (TPSA) is 87.7 Å². The first-order chi connectivity index (χ1) is 15.3. The molecule has 2 fully saturated rings. The van der Waals surface area contributed by atoms with Gasteiger partial charge in [-0.3, -0.25) is 14.5 Å². The third kappa shape index (κ3) is 3.81. The molecule has 1 heterocycles. The van der Waals surface area contributed by atoms with Gasteiger partial charge in [0.2, 0.25) is 5.91 Å². The molecule has 8 heteroatoms. The van der Waals surface area contributed by atoms with E-state index in [0.717, 1.165) is 23.3 Å². The van der Waals surface area contributed by atoms with Crippen LogP contribution in [0.2, 0.25) is 0 Å². The van der Waals surface area contributed by atoms with Crippen molar-refractivity contribution in [2.75, 3.05) is 13.7 Å². The minimum Gasteiger partial charge on any atom is -0.497 e. The third-order valence-corrected chi connectivity index (χ3v) is 6.48. The van der Waals surface area contributed by atoms with Gasteiger partial charge in [-0.1, -0.05) is 37.1 Å². The number of imide groups is 1. The molecule has 7 nitrogen and oxygen atoms in total. The predicted octanol–water partition coefficient (Wildman–Crippen LogP) is 3.19. The van der Waals surface area contributed by atoms with Gasteiger partial charge in [-0.25, -0.2) is 9.18 Å². The average Bonchev–Trinajstić information content (AvgIpc) is 3.34. The minimum absolute atomic E-state index is 0.342. The van der Waals surface area contributed by atoms with Gasteiger partial charge < -0.3 is 15.4 Å². The quantitative estimate of drug-likeness (QED) is 0.677. The zero-order valence-electron chi connectivity index (χ0n) is 18.1. The van der Waals surface area contributed by atoms with Gasteiger partial charge in [0.1, 0.15) is 23.7 Å². The average molecular weight is 439 g/mol. The molecule has 2 aliphatic rings. The van der Waals surface area contributed by atoms with E-state index in [-0.39, 0.29) is 12.4 Å². The van der Waals surface area contributed by atoms with Gasteiger partial charge in [0.15, 0.2) is 0 Å². The number of nitrogens with zero attached hydrogens (tertiary/aromatic N) is 1. The normalized spacial score (nSPS) is 22.0. The Morgan fingerprint density at radius 3 is 2.25 bits per heavy atom. The van der Waals surface area contributed by atoms with E-state index in [1.54, 1.807) is 50.4 Å². The second-order valence-electron chi connectivity index (χ2n) is 8.52. The summed E-state index contributed by atoms with van der Waals surface area (Å²) in [6.07, 6.45) is 3.29. The van der Waals surface area contributed by atoms with Crippen molar-refractivity contribution in [2.45, 2.75) is 43.7 Å². The van der Waals surface area contributed by atoms with Crippen molar-refractivity contribution in [3.05, 3.63) is 65.5 Å². The number of hydrogen-bond donors (Lipinski definition) is 2. The predicted molar refractivity (Wildman–Crippen MR) is 115 cm³/mol. The Hall–Kier alpha value is -3.42. The SMILES string of the molecule is COc1ccc(C2(C)NC(=O)N(CC(=O)NC3(c4ccc(F)cc4)CCCC3)C2=O)cc1. The summed E-state index contributed by atoms with van der Waals surface area (Å²) in [5.74, 6) is -0.637. The molecule has 1 saturated heterocycles. The van der Waals surface area contributed by atoms with Crippen LogP contribution in [-0.2, 0) is 20.7 Å². The summed E-state index contributed by atoms with van der Waals surface area (Å²) >= 11 is 0. The molecule has 0 radical (unpaired) electrons. The fourth-order valence-electron chi connectivity index (χ4n) is 4.64. The first-order valence-corrected chi connectivity index (χ1v) is 10.6. The highest BCUT2D eigenvalue weighted by Gasteiger charge is 2.50. The molecule has 0 aromatic heterocycles. The lowest BCUT2D eigenvalue weighted by atomic mass is 9.88. The van der Waals surface area contributed by atoms with Crippen molar-refractivity contribution in [2.24, 2.45) is 0 Å². The largest absolute Gasteiger partial charge is 0.497 e. The molecular weight excluding hydrogens is 413 g/mol. The monoisotopic (exact) mass is 439 g/mol. The highest BCUT2D eigenvalue weighted by atomic mass is 19.1. The summed E-state index contributed by atoms with van der Waals surface area (Å²) < 4.78 is 18.5. The van der Waals surface area contributed by atoms with Gasteiger partial charge in [-0.2, -0.15) is 0 Å². The van der Waals surface area contributed by atoms with E-state index in [1.165, 1.54) is 12.1 Å². The molecule has 1 aliphatic heterocycles. The lowest BCUT2D eigenvalue weighted by Gasteiger charge is -2.31. The van der Waals surface area contributed by atoms with Crippen molar-refractivity contribution in [3.8, 4) is 5.75 Å². The highest BCUT2D eigenvalue weighted by molar-refractivity contribution is 6.09. The number of nitrogens with one attached hydrogen (secondary N) is 2.